The van der Waals surface area contributed by atoms with Crippen LogP contribution < -0.4 is 4.74 Å². The standard InChI is InChI=1S/C14H16O2S/c1-11-7-8-14(17-11)12(9-15)10-16-13-5-3-2-4-6-13/h2-8,12,15H,9-10H2,1H3. The molecule has 1 unspecified atom stereocenters. The van der Waals surface area contributed by atoms with Crippen molar-refractivity contribution in [1.82, 2.24) is 0 Å². The van der Waals surface area contributed by atoms with E-state index in [1.807, 2.05) is 30.3 Å². The summed E-state index contributed by atoms with van der Waals surface area (Å²) >= 11 is 1.72. The van der Waals surface area contributed by atoms with E-state index in [9.17, 15) is 5.11 Å². The molecule has 1 N–H and O–H groups in total. The van der Waals surface area contributed by atoms with E-state index in [0.29, 0.717) is 6.61 Å². The molecule has 3 heteroatoms. The molecule has 0 fully saturated rings. The van der Waals surface area contributed by atoms with Gasteiger partial charge in [-0.2, -0.15) is 0 Å². The van der Waals surface area contributed by atoms with Gasteiger partial charge in [-0.05, 0) is 31.2 Å². The molecule has 0 saturated heterocycles. The topological polar surface area (TPSA) is 29.5 Å². The Morgan fingerprint density at radius 3 is 2.53 bits per heavy atom. The van der Waals surface area contributed by atoms with Crippen molar-refractivity contribution in [1.29, 1.82) is 0 Å². The number of aliphatic hydroxyl groups excluding tert-OH is 1. The molecule has 1 aromatic carbocycles. The van der Waals surface area contributed by atoms with E-state index in [1.165, 1.54) is 9.75 Å². The highest BCUT2D eigenvalue weighted by Gasteiger charge is 2.13. The van der Waals surface area contributed by atoms with Gasteiger partial charge in [-0.1, -0.05) is 18.2 Å². The molecule has 0 amide bonds. The molecular weight excluding hydrogens is 232 g/mol. The molecule has 1 atom stereocenters. The van der Waals surface area contributed by atoms with Crippen LogP contribution >= 0.6 is 11.3 Å². The number of ether oxygens (including phenoxy) is 1. The Balaban J connectivity index is 1.97. The largest absolute Gasteiger partial charge is 0.493 e. The highest BCUT2D eigenvalue weighted by Crippen LogP contribution is 2.25. The third kappa shape index (κ3) is 3.32. The zero-order chi connectivity index (χ0) is 12.1. The van der Waals surface area contributed by atoms with E-state index < -0.39 is 0 Å². The van der Waals surface area contributed by atoms with E-state index >= 15 is 0 Å². The molecule has 1 heterocycles. The Kier molecular flexibility index (Phi) is 4.18. The number of benzene rings is 1. The molecule has 90 valence electrons. The Labute approximate surface area is 105 Å². The second-order valence-electron chi connectivity index (χ2n) is 3.95. The summed E-state index contributed by atoms with van der Waals surface area (Å²) in [4.78, 5) is 2.44. The average Bonchev–Trinajstić information content (AvgIpc) is 2.78. The number of para-hydroxylation sites is 1. The van der Waals surface area contributed by atoms with E-state index in [0.717, 1.165) is 5.75 Å². The maximum atomic E-state index is 9.39. The lowest BCUT2D eigenvalue weighted by Gasteiger charge is -2.13. The lowest BCUT2D eigenvalue weighted by atomic mass is 10.1. The zero-order valence-electron chi connectivity index (χ0n) is 9.80. The maximum Gasteiger partial charge on any atom is 0.119 e. The summed E-state index contributed by atoms with van der Waals surface area (Å²) in [6, 6.07) is 13.8. The number of rotatable bonds is 5. The minimum absolute atomic E-state index is 0.0638. The summed E-state index contributed by atoms with van der Waals surface area (Å²) in [5, 5.41) is 9.39. The third-order valence-electron chi connectivity index (χ3n) is 2.58. The summed E-state index contributed by atoms with van der Waals surface area (Å²) in [6.07, 6.45) is 0. The normalized spacial score (nSPS) is 12.4. The molecule has 2 nitrogen and oxygen atoms in total. The predicted molar refractivity (Wildman–Crippen MR) is 70.8 cm³/mol. The van der Waals surface area contributed by atoms with E-state index in [-0.39, 0.29) is 12.5 Å². The van der Waals surface area contributed by atoms with Gasteiger partial charge < -0.3 is 9.84 Å². The Morgan fingerprint density at radius 2 is 1.94 bits per heavy atom. The van der Waals surface area contributed by atoms with Crippen molar-refractivity contribution in [3.8, 4) is 5.75 Å². The second-order valence-corrected chi connectivity index (χ2v) is 5.27. The van der Waals surface area contributed by atoms with Crippen molar-refractivity contribution < 1.29 is 9.84 Å². The molecule has 0 aliphatic heterocycles. The monoisotopic (exact) mass is 248 g/mol. The van der Waals surface area contributed by atoms with Gasteiger partial charge in [0.15, 0.2) is 0 Å². The molecule has 2 aromatic rings. The minimum atomic E-state index is 0.0638. The van der Waals surface area contributed by atoms with Gasteiger partial charge in [-0.25, -0.2) is 0 Å². The first-order valence-electron chi connectivity index (χ1n) is 5.64. The number of aliphatic hydroxyl groups is 1. The van der Waals surface area contributed by atoms with Crippen molar-refractivity contribution >= 4 is 11.3 Å². The van der Waals surface area contributed by atoms with Crippen LogP contribution in [0, 0.1) is 6.92 Å². The molecule has 0 spiro atoms. The summed E-state index contributed by atoms with van der Waals surface area (Å²) in [5.74, 6) is 0.910. The smallest absolute Gasteiger partial charge is 0.119 e. The van der Waals surface area contributed by atoms with Crippen molar-refractivity contribution in [3.05, 3.63) is 52.2 Å². The first-order chi connectivity index (χ1) is 8.29. The first kappa shape index (κ1) is 12.1. The predicted octanol–water partition coefficient (Wildman–Crippen LogP) is 3.21. The van der Waals surface area contributed by atoms with Gasteiger partial charge in [0.2, 0.25) is 0 Å². The van der Waals surface area contributed by atoms with Crippen LogP contribution in [0.3, 0.4) is 0 Å². The number of aryl methyl sites for hydroxylation is 1. The van der Waals surface area contributed by atoms with Crippen LogP contribution in [0.15, 0.2) is 42.5 Å². The highest BCUT2D eigenvalue weighted by molar-refractivity contribution is 7.12. The Bertz CT molecular complexity index is 450. The molecular formula is C14H16O2S. The number of hydrogen-bond donors (Lipinski definition) is 1. The quantitative estimate of drug-likeness (QED) is 0.880. The minimum Gasteiger partial charge on any atom is -0.493 e. The fraction of sp³-hybridized carbons (Fsp3) is 0.286. The SMILES string of the molecule is Cc1ccc(C(CO)COc2ccccc2)s1. The van der Waals surface area contributed by atoms with Crippen molar-refractivity contribution in [2.75, 3.05) is 13.2 Å². The van der Waals surface area contributed by atoms with Crippen LogP contribution in [0.25, 0.3) is 0 Å². The van der Waals surface area contributed by atoms with Crippen LogP contribution in [-0.4, -0.2) is 18.3 Å². The van der Waals surface area contributed by atoms with Crippen LogP contribution in [0.5, 0.6) is 5.75 Å². The molecule has 0 radical (unpaired) electrons. The Hall–Kier alpha value is -1.32. The van der Waals surface area contributed by atoms with Crippen molar-refractivity contribution in [2.45, 2.75) is 12.8 Å². The molecule has 0 aliphatic carbocycles. The number of thiophene rings is 1. The van der Waals surface area contributed by atoms with Gasteiger partial charge in [0.05, 0.1) is 19.1 Å². The molecule has 17 heavy (non-hydrogen) atoms. The zero-order valence-corrected chi connectivity index (χ0v) is 10.6. The van der Waals surface area contributed by atoms with Gasteiger partial charge in [0.25, 0.3) is 0 Å². The molecule has 0 bridgehead atoms. The summed E-state index contributed by atoms with van der Waals surface area (Å²) in [5.41, 5.74) is 0. The van der Waals surface area contributed by atoms with Crippen LogP contribution in [0.2, 0.25) is 0 Å². The average molecular weight is 248 g/mol. The maximum absolute atomic E-state index is 9.39. The Morgan fingerprint density at radius 1 is 1.18 bits per heavy atom. The fourth-order valence-corrected chi connectivity index (χ4v) is 2.56. The van der Waals surface area contributed by atoms with Crippen LogP contribution in [0.4, 0.5) is 0 Å². The molecule has 0 saturated carbocycles. The van der Waals surface area contributed by atoms with Crippen LogP contribution in [-0.2, 0) is 0 Å². The highest BCUT2D eigenvalue weighted by atomic mass is 32.1. The summed E-state index contributed by atoms with van der Waals surface area (Å²) < 4.78 is 5.67. The van der Waals surface area contributed by atoms with E-state index in [4.69, 9.17) is 4.74 Å². The number of hydrogen-bond acceptors (Lipinski definition) is 3. The lowest BCUT2D eigenvalue weighted by Crippen LogP contribution is -2.12. The molecule has 2 rings (SSSR count). The lowest BCUT2D eigenvalue weighted by molar-refractivity contribution is 0.207. The van der Waals surface area contributed by atoms with E-state index in [2.05, 4.69) is 19.1 Å². The summed E-state index contributed by atoms with van der Waals surface area (Å²) in [6.45, 7) is 2.70. The van der Waals surface area contributed by atoms with Gasteiger partial charge in [0.1, 0.15) is 5.75 Å². The van der Waals surface area contributed by atoms with Gasteiger partial charge >= 0.3 is 0 Å². The van der Waals surface area contributed by atoms with E-state index in [1.54, 1.807) is 11.3 Å². The fourth-order valence-electron chi connectivity index (χ4n) is 1.61. The van der Waals surface area contributed by atoms with Crippen molar-refractivity contribution in [3.63, 3.8) is 0 Å². The molecule has 0 aliphatic rings. The molecule has 1 aromatic heterocycles. The van der Waals surface area contributed by atoms with Gasteiger partial charge in [-0.3, -0.25) is 0 Å². The first-order valence-corrected chi connectivity index (χ1v) is 6.46. The van der Waals surface area contributed by atoms with Crippen molar-refractivity contribution in [2.24, 2.45) is 0 Å². The van der Waals surface area contributed by atoms with Gasteiger partial charge in [-0.15, -0.1) is 11.3 Å². The second kappa shape index (κ2) is 5.84. The summed E-state index contributed by atoms with van der Waals surface area (Å²) in [7, 11) is 0. The third-order valence-corrected chi connectivity index (χ3v) is 3.74. The van der Waals surface area contributed by atoms with Crippen LogP contribution in [0.1, 0.15) is 15.7 Å². The van der Waals surface area contributed by atoms with Gasteiger partial charge in [0, 0.05) is 9.75 Å².